The largest absolute Gasteiger partial charge is 0.173 e. The fraction of sp³-hybridized carbons (Fsp3) is 1.00. The van der Waals surface area contributed by atoms with Crippen LogP contribution in [0.25, 0.3) is 0 Å². The molecule has 2 fully saturated rings. The van der Waals surface area contributed by atoms with Crippen molar-refractivity contribution in [1.82, 2.24) is 0 Å². The Labute approximate surface area is 94.3 Å². The fourth-order valence-corrected chi connectivity index (χ4v) is 3.89. The molecule has 0 amide bonds. The van der Waals surface area contributed by atoms with Gasteiger partial charge < -0.3 is 0 Å². The summed E-state index contributed by atoms with van der Waals surface area (Å²) in [5.41, 5.74) is 0. The van der Waals surface area contributed by atoms with E-state index in [0.717, 1.165) is 35.5 Å². The van der Waals surface area contributed by atoms with Gasteiger partial charge in [-0.3, -0.25) is 0 Å². The molecule has 0 N–H and O–H groups in total. The van der Waals surface area contributed by atoms with Gasteiger partial charge in [0.15, 0.2) is 0 Å². The lowest BCUT2D eigenvalue weighted by Gasteiger charge is -2.44. The highest BCUT2D eigenvalue weighted by Crippen LogP contribution is 2.67. The molecule has 0 bridgehead atoms. The summed E-state index contributed by atoms with van der Waals surface area (Å²) in [5.74, 6) is 5.77. The van der Waals surface area contributed by atoms with E-state index < -0.39 is 0 Å². The maximum atomic E-state index is 4.72. The van der Waals surface area contributed by atoms with Gasteiger partial charge in [-0.1, -0.05) is 34.6 Å². The standard InChI is InChI=1S/C13H24S/c1-7(9(3)13(4,5)14)12-8(2)10-6-11(10)12/h7-12,14H,6H2,1-5H3. The topological polar surface area (TPSA) is 0 Å². The quantitative estimate of drug-likeness (QED) is 0.675. The number of fused-ring (bicyclic) bond motifs is 1. The smallest absolute Gasteiger partial charge is 0.0101 e. The van der Waals surface area contributed by atoms with Crippen molar-refractivity contribution in [1.29, 1.82) is 0 Å². The molecule has 0 aromatic rings. The summed E-state index contributed by atoms with van der Waals surface area (Å²) < 4.78 is 0.180. The van der Waals surface area contributed by atoms with Crippen molar-refractivity contribution in [2.45, 2.75) is 45.8 Å². The number of hydrogen-bond acceptors (Lipinski definition) is 1. The Morgan fingerprint density at radius 3 is 2.14 bits per heavy atom. The van der Waals surface area contributed by atoms with Gasteiger partial charge in [0.2, 0.25) is 0 Å². The molecule has 0 aromatic carbocycles. The maximum absolute atomic E-state index is 4.72. The molecule has 0 saturated heterocycles. The normalized spacial score (nSPS) is 45.0. The molecular formula is C13H24S. The lowest BCUT2D eigenvalue weighted by molar-refractivity contribution is 0.0698. The van der Waals surface area contributed by atoms with Crippen LogP contribution in [0.5, 0.6) is 0 Å². The Bertz CT molecular complexity index is 226. The molecule has 0 heterocycles. The van der Waals surface area contributed by atoms with E-state index in [2.05, 4.69) is 34.6 Å². The average molecular weight is 212 g/mol. The molecule has 0 aliphatic heterocycles. The predicted molar refractivity (Wildman–Crippen MR) is 65.6 cm³/mol. The minimum Gasteiger partial charge on any atom is -0.173 e. The summed E-state index contributed by atoms with van der Waals surface area (Å²) in [6.07, 6.45) is 1.52. The third-order valence-electron chi connectivity index (χ3n) is 5.18. The van der Waals surface area contributed by atoms with Crippen LogP contribution in [-0.2, 0) is 0 Å². The minimum absolute atomic E-state index is 0.180. The first-order valence-electron chi connectivity index (χ1n) is 6.06. The molecule has 2 aliphatic carbocycles. The van der Waals surface area contributed by atoms with Crippen molar-refractivity contribution in [2.24, 2.45) is 35.5 Å². The maximum Gasteiger partial charge on any atom is 0.0101 e. The highest BCUT2D eigenvalue weighted by molar-refractivity contribution is 7.81. The van der Waals surface area contributed by atoms with Gasteiger partial charge in [0.1, 0.15) is 0 Å². The Hall–Kier alpha value is 0.350. The zero-order valence-corrected chi connectivity index (χ0v) is 11.0. The predicted octanol–water partition coefficient (Wildman–Crippen LogP) is 3.87. The second kappa shape index (κ2) is 3.17. The van der Waals surface area contributed by atoms with E-state index >= 15 is 0 Å². The van der Waals surface area contributed by atoms with Crippen LogP contribution in [0, 0.1) is 35.5 Å². The summed E-state index contributed by atoms with van der Waals surface area (Å²) in [5, 5.41) is 0. The van der Waals surface area contributed by atoms with Crippen molar-refractivity contribution >= 4 is 12.6 Å². The first-order chi connectivity index (χ1) is 6.34. The molecule has 6 atom stereocenters. The molecule has 0 nitrogen and oxygen atoms in total. The summed E-state index contributed by atoms with van der Waals surface area (Å²) in [4.78, 5) is 0. The molecule has 2 aliphatic rings. The third-order valence-corrected chi connectivity index (χ3v) is 5.59. The Kier molecular flexibility index (Phi) is 2.46. The van der Waals surface area contributed by atoms with Crippen molar-refractivity contribution in [2.75, 3.05) is 0 Å². The Morgan fingerprint density at radius 1 is 1.21 bits per heavy atom. The molecule has 0 radical (unpaired) electrons. The highest BCUT2D eigenvalue weighted by Gasteiger charge is 2.61. The highest BCUT2D eigenvalue weighted by atomic mass is 32.1. The van der Waals surface area contributed by atoms with Gasteiger partial charge in [0.25, 0.3) is 0 Å². The van der Waals surface area contributed by atoms with Crippen LogP contribution in [-0.4, -0.2) is 4.75 Å². The molecule has 0 spiro atoms. The van der Waals surface area contributed by atoms with Crippen LogP contribution in [0.1, 0.15) is 41.0 Å². The van der Waals surface area contributed by atoms with Gasteiger partial charge in [-0.2, -0.15) is 12.6 Å². The van der Waals surface area contributed by atoms with Gasteiger partial charge in [-0.05, 0) is 41.9 Å². The van der Waals surface area contributed by atoms with E-state index in [9.17, 15) is 0 Å². The van der Waals surface area contributed by atoms with Gasteiger partial charge in [-0.15, -0.1) is 0 Å². The van der Waals surface area contributed by atoms with Gasteiger partial charge in [0.05, 0.1) is 0 Å². The van der Waals surface area contributed by atoms with Crippen LogP contribution in [0.2, 0.25) is 0 Å². The van der Waals surface area contributed by atoms with E-state index in [1.54, 1.807) is 0 Å². The zero-order valence-electron chi connectivity index (χ0n) is 10.1. The van der Waals surface area contributed by atoms with E-state index in [1.165, 1.54) is 6.42 Å². The molecule has 14 heavy (non-hydrogen) atoms. The number of hydrogen-bond donors (Lipinski definition) is 1. The second-order valence-corrected chi connectivity index (χ2v) is 7.45. The second-order valence-electron chi connectivity index (χ2n) is 6.30. The Morgan fingerprint density at radius 2 is 1.79 bits per heavy atom. The van der Waals surface area contributed by atoms with Gasteiger partial charge in [-0.25, -0.2) is 0 Å². The van der Waals surface area contributed by atoms with Crippen LogP contribution < -0.4 is 0 Å². The lowest BCUT2D eigenvalue weighted by atomic mass is 9.63. The van der Waals surface area contributed by atoms with Crippen molar-refractivity contribution < 1.29 is 0 Å². The molecule has 0 aromatic heterocycles. The molecular weight excluding hydrogens is 188 g/mol. The number of thiol groups is 1. The Balaban J connectivity index is 1.98. The fourth-order valence-electron chi connectivity index (χ4n) is 3.66. The summed E-state index contributed by atoms with van der Waals surface area (Å²) in [6.45, 7) is 11.8. The van der Waals surface area contributed by atoms with Crippen molar-refractivity contribution in [3.63, 3.8) is 0 Å². The van der Waals surface area contributed by atoms with E-state index in [0.29, 0.717) is 0 Å². The number of rotatable bonds is 3. The van der Waals surface area contributed by atoms with E-state index in [4.69, 9.17) is 12.6 Å². The summed E-state index contributed by atoms with van der Waals surface area (Å²) in [7, 11) is 0. The first-order valence-corrected chi connectivity index (χ1v) is 6.51. The van der Waals surface area contributed by atoms with Gasteiger partial charge >= 0.3 is 0 Å². The molecule has 82 valence electrons. The first kappa shape index (κ1) is 10.9. The summed E-state index contributed by atoms with van der Waals surface area (Å²) in [6, 6.07) is 0. The SMILES string of the molecule is CC1C2CC2C1C(C)C(C)C(C)(C)S. The van der Waals surface area contributed by atoms with Crippen LogP contribution in [0.3, 0.4) is 0 Å². The van der Waals surface area contributed by atoms with E-state index in [1.807, 2.05) is 0 Å². The molecule has 1 heteroatoms. The monoisotopic (exact) mass is 212 g/mol. The van der Waals surface area contributed by atoms with Crippen molar-refractivity contribution in [3.05, 3.63) is 0 Å². The van der Waals surface area contributed by atoms with Crippen molar-refractivity contribution in [3.8, 4) is 0 Å². The zero-order chi connectivity index (χ0) is 10.7. The van der Waals surface area contributed by atoms with Gasteiger partial charge in [0, 0.05) is 4.75 Å². The van der Waals surface area contributed by atoms with Crippen LogP contribution >= 0.6 is 12.6 Å². The average Bonchev–Trinajstić information content (AvgIpc) is 2.76. The third kappa shape index (κ3) is 1.52. The molecule has 2 saturated carbocycles. The summed E-state index contributed by atoms with van der Waals surface area (Å²) >= 11 is 4.72. The lowest BCUT2D eigenvalue weighted by Crippen LogP contribution is -2.40. The minimum atomic E-state index is 0.180. The molecule has 2 rings (SSSR count). The van der Waals surface area contributed by atoms with E-state index in [-0.39, 0.29) is 4.75 Å². The van der Waals surface area contributed by atoms with Crippen LogP contribution in [0.15, 0.2) is 0 Å². The molecule has 6 unspecified atom stereocenters. The van der Waals surface area contributed by atoms with Crippen LogP contribution in [0.4, 0.5) is 0 Å².